The van der Waals surface area contributed by atoms with Crippen LogP contribution in [0.5, 0.6) is 0 Å². The predicted octanol–water partition coefficient (Wildman–Crippen LogP) is 1.60. The molecular weight excluding hydrogens is 232 g/mol. The maximum atomic E-state index is 8.83. The molecule has 0 atom stereocenters. The fraction of sp³-hybridized carbons (Fsp3) is 0.125. The average molecular weight is 237 g/mol. The predicted molar refractivity (Wildman–Crippen MR) is 50.9 cm³/mol. The summed E-state index contributed by atoms with van der Waals surface area (Å²) in [4.78, 5) is 8.05. The molecule has 0 saturated heterocycles. The summed E-state index contributed by atoms with van der Waals surface area (Å²) in [6.07, 6.45) is 3.21. The Morgan fingerprint density at radius 1 is 1.54 bits per heavy atom. The van der Waals surface area contributed by atoms with Crippen molar-refractivity contribution >= 4 is 27.0 Å². The van der Waals surface area contributed by atoms with E-state index in [4.69, 9.17) is 5.26 Å². The summed E-state index contributed by atoms with van der Waals surface area (Å²) in [7, 11) is 1.85. The third kappa shape index (κ3) is 1.11. The Labute approximate surface area is 83.0 Å². The molecule has 0 fully saturated rings. The van der Waals surface area contributed by atoms with Crippen molar-refractivity contribution in [1.29, 1.82) is 5.26 Å². The van der Waals surface area contributed by atoms with Gasteiger partial charge in [0.1, 0.15) is 22.6 Å². The summed E-state index contributed by atoms with van der Waals surface area (Å²) < 4.78 is 2.47. The van der Waals surface area contributed by atoms with E-state index in [1.165, 1.54) is 6.33 Å². The zero-order chi connectivity index (χ0) is 9.42. The molecule has 0 N–H and O–H groups in total. The molecule has 0 unspecified atom stereocenters. The second-order valence-electron chi connectivity index (χ2n) is 2.63. The number of nitrogens with zero attached hydrogens (tertiary/aromatic N) is 4. The summed E-state index contributed by atoms with van der Waals surface area (Å²) in [5.41, 5.74) is 1.35. The monoisotopic (exact) mass is 236 g/mol. The van der Waals surface area contributed by atoms with E-state index in [-0.39, 0.29) is 0 Å². The maximum Gasteiger partial charge on any atom is 0.145 e. The smallest absolute Gasteiger partial charge is 0.145 e. The van der Waals surface area contributed by atoms with Gasteiger partial charge in [-0.15, -0.1) is 0 Å². The Morgan fingerprint density at radius 2 is 2.31 bits per heavy atom. The second-order valence-corrected chi connectivity index (χ2v) is 3.38. The highest BCUT2D eigenvalue weighted by Crippen LogP contribution is 2.24. The lowest BCUT2D eigenvalue weighted by Gasteiger charge is -1.94. The summed E-state index contributed by atoms with van der Waals surface area (Å²) >= 11 is 3.29. The summed E-state index contributed by atoms with van der Waals surface area (Å²) in [6, 6.07) is 2.10. The molecule has 5 heteroatoms. The van der Waals surface area contributed by atoms with E-state index in [0.717, 1.165) is 11.0 Å². The first-order valence-corrected chi connectivity index (χ1v) is 4.39. The largest absolute Gasteiger partial charge is 0.334 e. The van der Waals surface area contributed by atoms with Crippen molar-refractivity contribution < 1.29 is 0 Å². The summed E-state index contributed by atoms with van der Waals surface area (Å²) in [5, 5.41) is 9.60. The molecule has 64 valence electrons. The second kappa shape index (κ2) is 2.82. The molecular formula is C8H5BrN4. The number of rotatable bonds is 0. The Hall–Kier alpha value is -1.41. The quantitative estimate of drug-likeness (QED) is 0.654. The Kier molecular flexibility index (Phi) is 1.78. The van der Waals surface area contributed by atoms with Gasteiger partial charge in [0.2, 0.25) is 0 Å². The maximum absolute atomic E-state index is 8.83. The van der Waals surface area contributed by atoms with Crippen LogP contribution in [0.1, 0.15) is 5.56 Å². The molecule has 4 nitrogen and oxygen atoms in total. The molecule has 2 aromatic heterocycles. The molecule has 2 heterocycles. The van der Waals surface area contributed by atoms with Crippen molar-refractivity contribution in [2.75, 3.05) is 0 Å². The van der Waals surface area contributed by atoms with Crippen molar-refractivity contribution in [3.63, 3.8) is 0 Å². The van der Waals surface area contributed by atoms with Crippen LogP contribution in [0.3, 0.4) is 0 Å². The van der Waals surface area contributed by atoms with E-state index in [2.05, 4.69) is 32.0 Å². The molecule has 0 radical (unpaired) electrons. The Morgan fingerprint density at radius 3 is 3.00 bits per heavy atom. The van der Waals surface area contributed by atoms with Crippen LogP contribution >= 0.6 is 15.9 Å². The van der Waals surface area contributed by atoms with Crippen molar-refractivity contribution in [2.24, 2.45) is 7.05 Å². The van der Waals surface area contributed by atoms with E-state index in [1.807, 2.05) is 7.05 Å². The highest BCUT2D eigenvalue weighted by molar-refractivity contribution is 9.10. The third-order valence-corrected chi connectivity index (χ3v) is 2.43. The number of hydrogen-bond donors (Lipinski definition) is 0. The minimum absolute atomic E-state index is 0.588. The molecule has 13 heavy (non-hydrogen) atoms. The molecule has 0 aromatic carbocycles. The molecule has 0 spiro atoms. The standard InChI is InChI=1S/C8H5BrN4/c1-13-3-5(2-10)6-7(9)11-4-12-8(6)13/h3-4H,1H3. The lowest BCUT2D eigenvalue weighted by atomic mass is 10.3. The van der Waals surface area contributed by atoms with E-state index in [9.17, 15) is 0 Å². The molecule has 0 aliphatic rings. The van der Waals surface area contributed by atoms with E-state index < -0.39 is 0 Å². The summed E-state index contributed by atoms with van der Waals surface area (Å²) in [6.45, 7) is 0. The highest BCUT2D eigenvalue weighted by atomic mass is 79.9. The fourth-order valence-corrected chi connectivity index (χ4v) is 1.74. The topological polar surface area (TPSA) is 54.5 Å². The molecule has 2 rings (SSSR count). The van der Waals surface area contributed by atoms with Crippen LogP contribution in [0.25, 0.3) is 11.0 Å². The first-order chi connectivity index (χ1) is 6.24. The first-order valence-electron chi connectivity index (χ1n) is 3.59. The normalized spacial score (nSPS) is 10.2. The minimum atomic E-state index is 0.588. The van der Waals surface area contributed by atoms with Gasteiger partial charge in [-0.25, -0.2) is 9.97 Å². The van der Waals surface area contributed by atoms with Gasteiger partial charge in [-0.05, 0) is 15.9 Å². The van der Waals surface area contributed by atoms with Crippen LogP contribution in [-0.2, 0) is 7.05 Å². The number of nitriles is 1. The van der Waals surface area contributed by atoms with Gasteiger partial charge in [0, 0.05) is 13.2 Å². The van der Waals surface area contributed by atoms with Crippen LogP contribution in [0.2, 0.25) is 0 Å². The molecule has 0 aliphatic heterocycles. The molecule has 0 bridgehead atoms. The van der Waals surface area contributed by atoms with Crippen molar-refractivity contribution in [1.82, 2.24) is 14.5 Å². The van der Waals surface area contributed by atoms with Gasteiger partial charge < -0.3 is 4.57 Å². The lowest BCUT2D eigenvalue weighted by molar-refractivity contribution is 0.941. The molecule has 0 aliphatic carbocycles. The van der Waals surface area contributed by atoms with Crippen LogP contribution in [-0.4, -0.2) is 14.5 Å². The number of aromatic nitrogens is 3. The zero-order valence-electron chi connectivity index (χ0n) is 6.82. The zero-order valence-corrected chi connectivity index (χ0v) is 8.41. The van der Waals surface area contributed by atoms with Gasteiger partial charge in [0.05, 0.1) is 10.9 Å². The van der Waals surface area contributed by atoms with Crippen molar-refractivity contribution in [3.05, 3.63) is 22.7 Å². The number of fused-ring (bicyclic) bond motifs is 1. The Balaban J connectivity index is 2.99. The van der Waals surface area contributed by atoms with Gasteiger partial charge in [0.25, 0.3) is 0 Å². The van der Waals surface area contributed by atoms with E-state index in [1.54, 1.807) is 10.8 Å². The summed E-state index contributed by atoms with van der Waals surface area (Å²) in [5.74, 6) is 0. The highest BCUT2D eigenvalue weighted by Gasteiger charge is 2.10. The van der Waals surface area contributed by atoms with Crippen LogP contribution in [0, 0.1) is 11.3 Å². The van der Waals surface area contributed by atoms with Gasteiger partial charge in [-0.1, -0.05) is 0 Å². The van der Waals surface area contributed by atoms with Crippen molar-refractivity contribution in [2.45, 2.75) is 0 Å². The molecule has 0 saturated carbocycles. The van der Waals surface area contributed by atoms with E-state index in [0.29, 0.717) is 10.2 Å². The lowest BCUT2D eigenvalue weighted by Crippen LogP contribution is -1.88. The van der Waals surface area contributed by atoms with Gasteiger partial charge in [-0.2, -0.15) is 5.26 Å². The van der Waals surface area contributed by atoms with Crippen LogP contribution < -0.4 is 0 Å². The molecule has 2 aromatic rings. The minimum Gasteiger partial charge on any atom is -0.334 e. The molecule has 0 amide bonds. The van der Waals surface area contributed by atoms with Crippen LogP contribution in [0.15, 0.2) is 17.1 Å². The van der Waals surface area contributed by atoms with Gasteiger partial charge in [-0.3, -0.25) is 0 Å². The SMILES string of the molecule is Cn1cc(C#N)c2c(Br)ncnc21. The van der Waals surface area contributed by atoms with Gasteiger partial charge >= 0.3 is 0 Å². The van der Waals surface area contributed by atoms with Gasteiger partial charge in [0.15, 0.2) is 0 Å². The number of hydrogen-bond acceptors (Lipinski definition) is 3. The van der Waals surface area contributed by atoms with E-state index >= 15 is 0 Å². The first kappa shape index (κ1) is 8.20. The Bertz CT molecular complexity index is 509. The fourth-order valence-electron chi connectivity index (χ4n) is 1.26. The van der Waals surface area contributed by atoms with Crippen molar-refractivity contribution in [3.8, 4) is 6.07 Å². The third-order valence-electron chi connectivity index (χ3n) is 1.83. The number of aryl methyl sites for hydroxylation is 1. The van der Waals surface area contributed by atoms with Crippen LogP contribution in [0.4, 0.5) is 0 Å². The average Bonchev–Trinajstić information content (AvgIpc) is 2.45. The number of halogens is 1.